The molecule has 4 rings (SSSR count). The maximum absolute atomic E-state index is 13.1. The number of ether oxygens (including phenoxy) is 1. The Balaban J connectivity index is 1.75. The summed E-state index contributed by atoms with van der Waals surface area (Å²) in [6.45, 7) is 1.98. The van der Waals surface area contributed by atoms with Gasteiger partial charge in [0.25, 0.3) is 5.91 Å². The van der Waals surface area contributed by atoms with Crippen molar-refractivity contribution in [2.24, 2.45) is 0 Å². The van der Waals surface area contributed by atoms with Crippen LogP contribution in [-0.2, 0) is 12.8 Å². The standard InChI is InChI=1S/C22H22ClN3O2/c1-14-11-12-20(28-2)17(13-14)24-22(27)21-15-7-3-5-9-18(15)26(25-21)19-10-6-4-8-16(19)23/h4,6,8,10-13H,3,5,7,9H2,1-2H3,(H,24,27). The van der Waals surface area contributed by atoms with Crippen molar-refractivity contribution < 1.29 is 9.53 Å². The van der Waals surface area contributed by atoms with E-state index in [2.05, 4.69) is 10.4 Å². The lowest BCUT2D eigenvalue weighted by atomic mass is 9.95. The second-order valence-corrected chi connectivity index (χ2v) is 7.41. The highest BCUT2D eigenvalue weighted by Crippen LogP contribution is 2.31. The molecule has 5 nitrogen and oxygen atoms in total. The summed E-state index contributed by atoms with van der Waals surface area (Å²) in [7, 11) is 1.59. The lowest BCUT2D eigenvalue weighted by Gasteiger charge is -2.15. The zero-order valence-corrected chi connectivity index (χ0v) is 16.7. The van der Waals surface area contributed by atoms with Gasteiger partial charge in [-0.2, -0.15) is 5.10 Å². The third-order valence-corrected chi connectivity index (χ3v) is 5.40. The molecule has 6 heteroatoms. The van der Waals surface area contributed by atoms with Crippen LogP contribution in [0.3, 0.4) is 0 Å². The predicted molar refractivity (Wildman–Crippen MR) is 111 cm³/mol. The molecule has 1 aromatic heterocycles. The third kappa shape index (κ3) is 3.38. The number of fused-ring (bicyclic) bond motifs is 1. The molecule has 0 radical (unpaired) electrons. The maximum Gasteiger partial charge on any atom is 0.276 e. The van der Waals surface area contributed by atoms with Crippen LogP contribution in [0.1, 0.15) is 40.2 Å². The second kappa shape index (κ2) is 7.68. The average Bonchev–Trinajstić information content (AvgIpc) is 3.08. The van der Waals surface area contributed by atoms with E-state index in [9.17, 15) is 4.79 Å². The molecule has 0 bridgehead atoms. The minimum Gasteiger partial charge on any atom is -0.495 e. The Labute approximate surface area is 169 Å². The molecule has 0 saturated carbocycles. The van der Waals surface area contributed by atoms with Crippen LogP contribution in [0.25, 0.3) is 5.69 Å². The maximum atomic E-state index is 13.1. The number of rotatable bonds is 4. The van der Waals surface area contributed by atoms with Crippen LogP contribution in [0.4, 0.5) is 5.69 Å². The van der Waals surface area contributed by atoms with E-state index in [-0.39, 0.29) is 5.91 Å². The number of nitrogens with zero attached hydrogens (tertiary/aromatic N) is 2. The molecule has 0 unspecified atom stereocenters. The van der Waals surface area contributed by atoms with E-state index in [1.165, 1.54) is 0 Å². The fraction of sp³-hybridized carbons (Fsp3) is 0.273. The number of aromatic nitrogens is 2. The van der Waals surface area contributed by atoms with Crippen LogP contribution in [0.2, 0.25) is 5.02 Å². The minimum atomic E-state index is -0.229. The van der Waals surface area contributed by atoms with Crippen molar-refractivity contribution in [3.05, 3.63) is 70.0 Å². The van der Waals surface area contributed by atoms with Gasteiger partial charge >= 0.3 is 0 Å². The Morgan fingerprint density at radius 1 is 1.18 bits per heavy atom. The van der Waals surface area contributed by atoms with Gasteiger partial charge in [-0.3, -0.25) is 4.79 Å². The molecule has 0 atom stereocenters. The van der Waals surface area contributed by atoms with Crippen LogP contribution >= 0.6 is 11.6 Å². The molecule has 28 heavy (non-hydrogen) atoms. The Hall–Kier alpha value is -2.79. The normalized spacial score (nSPS) is 13.1. The van der Waals surface area contributed by atoms with Crippen LogP contribution in [0, 0.1) is 6.92 Å². The number of hydrogen-bond donors (Lipinski definition) is 1. The smallest absolute Gasteiger partial charge is 0.276 e. The van der Waals surface area contributed by atoms with Crippen molar-refractivity contribution in [2.75, 3.05) is 12.4 Å². The fourth-order valence-corrected chi connectivity index (χ4v) is 3.92. The van der Waals surface area contributed by atoms with Gasteiger partial charge in [-0.05, 0) is 62.4 Å². The van der Waals surface area contributed by atoms with Gasteiger partial charge in [0, 0.05) is 11.3 Å². The molecule has 1 amide bonds. The summed E-state index contributed by atoms with van der Waals surface area (Å²) in [6, 6.07) is 13.3. The molecular weight excluding hydrogens is 374 g/mol. The Bertz CT molecular complexity index is 1040. The Kier molecular flexibility index (Phi) is 5.09. The first-order valence-electron chi connectivity index (χ1n) is 9.40. The molecule has 0 saturated heterocycles. The molecule has 0 spiro atoms. The van der Waals surface area contributed by atoms with Gasteiger partial charge in [0.05, 0.1) is 23.5 Å². The van der Waals surface area contributed by atoms with Crippen molar-refractivity contribution in [1.82, 2.24) is 9.78 Å². The molecule has 1 aliphatic carbocycles. The number of para-hydroxylation sites is 1. The first-order valence-corrected chi connectivity index (χ1v) is 9.78. The van der Waals surface area contributed by atoms with Crippen LogP contribution in [-0.4, -0.2) is 22.8 Å². The molecule has 2 aromatic carbocycles. The van der Waals surface area contributed by atoms with Gasteiger partial charge in [0.1, 0.15) is 5.75 Å². The van der Waals surface area contributed by atoms with Gasteiger partial charge < -0.3 is 10.1 Å². The van der Waals surface area contributed by atoms with E-state index in [1.54, 1.807) is 7.11 Å². The summed E-state index contributed by atoms with van der Waals surface area (Å²) in [5.41, 5.74) is 5.02. The van der Waals surface area contributed by atoms with E-state index in [4.69, 9.17) is 16.3 Å². The SMILES string of the molecule is COc1ccc(C)cc1NC(=O)c1nn(-c2ccccc2Cl)c2c1CCCC2. The number of hydrogen-bond acceptors (Lipinski definition) is 3. The first kappa shape index (κ1) is 18.6. The van der Waals surface area contributed by atoms with E-state index >= 15 is 0 Å². The van der Waals surface area contributed by atoms with E-state index in [0.717, 1.165) is 48.2 Å². The van der Waals surface area contributed by atoms with Crippen molar-refractivity contribution in [1.29, 1.82) is 0 Å². The van der Waals surface area contributed by atoms with E-state index < -0.39 is 0 Å². The highest BCUT2D eigenvalue weighted by atomic mass is 35.5. The van der Waals surface area contributed by atoms with Crippen LogP contribution < -0.4 is 10.1 Å². The molecule has 3 aromatic rings. The molecular formula is C22H22ClN3O2. The number of carbonyl (C=O) groups is 1. The quantitative estimate of drug-likeness (QED) is 0.678. The van der Waals surface area contributed by atoms with Gasteiger partial charge in [-0.25, -0.2) is 4.68 Å². The largest absolute Gasteiger partial charge is 0.495 e. The third-order valence-electron chi connectivity index (χ3n) is 5.08. The summed E-state index contributed by atoms with van der Waals surface area (Å²) in [5.74, 6) is 0.395. The molecule has 0 aliphatic heterocycles. The number of amides is 1. The average molecular weight is 396 g/mol. The zero-order chi connectivity index (χ0) is 19.7. The number of nitrogens with one attached hydrogen (secondary N) is 1. The molecule has 1 N–H and O–H groups in total. The fourth-order valence-electron chi connectivity index (χ4n) is 3.71. The van der Waals surface area contributed by atoms with Gasteiger partial charge in [-0.15, -0.1) is 0 Å². The van der Waals surface area contributed by atoms with Crippen molar-refractivity contribution >= 4 is 23.2 Å². The van der Waals surface area contributed by atoms with Crippen LogP contribution in [0.5, 0.6) is 5.75 Å². The molecule has 144 valence electrons. The number of halogens is 1. The Morgan fingerprint density at radius 3 is 2.75 bits per heavy atom. The van der Waals surface area contributed by atoms with E-state index in [1.807, 2.05) is 54.1 Å². The summed E-state index contributed by atoms with van der Waals surface area (Å²) < 4.78 is 7.21. The number of carbonyl (C=O) groups excluding carboxylic acids is 1. The summed E-state index contributed by atoms with van der Waals surface area (Å²) in [5, 5.41) is 8.27. The van der Waals surface area contributed by atoms with Gasteiger partial charge in [0.15, 0.2) is 5.69 Å². The second-order valence-electron chi connectivity index (χ2n) is 7.00. The highest BCUT2D eigenvalue weighted by molar-refractivity contribution is 6.32. The summed E-state index contributed by atoms with van der Waals surface area (Å²) >= 11 is 6.40. The molecule has 0 fully saturated rings. The first-order chi connectivity index (χ1) is 13.6. The summed E-state index contributed by atoms with van der Waals surface area (Å²) in [4.78, 5) is 13.1. The monoisotopic (exact) mass is 395 g/mol. The molecule has 1 aliphatic rings. The molecule has 1 heterocycles. The number of methoxy groups -OCH3 is 1. The zero-order valence-electron chi connectivity index (χ0n) is 16.0. The summed E-state index contributed by atoms with van der Waals surface area (Å²) in [6.07, 6.45) is 3.85. The Morgan fingerprint density at radius 2 is 1.96 bits per heavy atom. The van der Waals surface area contributed by atoms with Crippen molar-refractivity contribution in [3.8, 4) is 11.4 Å². The van der Waals surface area contributed by atoms with Crippen molar-refractivity contribution in [2.45, 2.75) is 32.6 Å². The number of aryl methyl sites for hydroxylation is 1. The topological polar surface area (TPSA) is 56.1 Å². The predicted octanol–water partition coefficient (Wildman–Crippen LogP) is 4.97. The van der Waals surface area contributed by atoms with Gasteiger partial charge in [0.2, 0.25) is 0 Å². The highest BCUT2D eigenvalue weighted by Gasteiger charge is 2.26. The lowest BCUT2D eigenvalue weighted by molar-refractivity contribution is 0.102. The van der Waals surface area contributed by atoms with Gasteiger partial charge in [-0.1, -0.05) is 29.8 Å². The van der Waals surface area contributed by atoms with E-state index in [0.29, 0.717) is 22.2 Å². The number of benzene rings is 2. The number of anilines is 1. The lowest BCUT2D eigenvalue weighted by Crippen LogP contribution is -2.16. The van der Waals surface area contributed by atoms with Crippen molar-refractivity contribution in [3.63, 3.8) is 0 Å². The minimum absolute atomic E-state index is 0.229. The van der Waals surface area contributed by atoms with Crippen LogP contribution in [0.15, 0.2) is 42.5 Å².